The average molecular weight is 313 g/mol. The highest BCUT2D eigenvalue weighted by atomic mass is 16.1. The van der Waals surface area contributed by atoms with Crippen molar-refractivity contribution in [1.29, 1.82) is 0 Å². The highest BCUT2D eigenvalue weighted by molar-refractivity contribution is 5.94. The molecule has 2 heterocycles. The molecule has 6 nitrogen and oxygen atoms in total. The van der Waals surface area contributed by atoms with E-state index in [0.717, 1.165) is 24.2 Å². The third-order valence-corrected chi connectivity index (χ3v) is 4.54. The van der Waals surface area contributed by atoms with E-state index >= 15 is 0 Å². The van der Waals surface area contributed by atoms with Gasteiger partial charge in [-0.1, -0.05) is 0 Å². The lowest BCUT2D eigenvalue weighted by Gasteiger charge is -2.29. The van der Waals surface area contributed by atoms with Gasteiger partial charge in [-0.2, -0.15) is 5.10 Å². The summed E-state index contributed by atoms with van der Waals surface area (Å²) in [6.07, 6.45) is 3.84. The van der Waals surface area contributed by atoms with Crippen LogP contribution >= 0.6 is 0 Å². The first kappa shape index (κ1) is 15.7. The van der Waals surface area contributed by atoms with Crippen molar-refractivity contribution in [3.63, 3.8) is 0 Å². The SMILES string of the molecule is Cc1cc(C)n(-c2ccc(C(=O)NC(C)(CN)C3CC3)cn2)n1. The van der Waals surface area contributed by atoms with E-state index < -0.39 is 0 Å². The molecule has 1 fully saturated rings. The van der Waals surface area contributed by atoms with Crippen molar-refractivity contribution < 1.29 is 4.79 Å². The number of nitrogens with one attached hydrogen (secondary N) is 1. The molecular formula is C17H23N5O. The number of carbonyl (C=O) groups is 1. The Morgan fingerprint density at radius 3 is 2.65 bits per heavy atom. The van der Waals surface area contributed by atoms with Gasteiger partial charge in [0.25, 0.3) is 5.91 Å². The Kier molecular flexibility index (Phi) is 3.93. The minimum atomic E-state index is -0.328. The molecule has 6 heteroatoms. The summed E-state index contributed by atoms with van der Waals surface area (Å²) in [7, 11) is 0. The Morgan fingerprint density at radius 1 is 1.43 bits per heavy atom. The van der Waals surface area contributed by atoms with Gasteiger partial charge in [-0.15, -0.1) is 0 Å². The number of hydrogen-bond donors (Lipinski definition) is 2. The Balaban J connectivity index is 1.76. The Morgan fingerprint density at radius 2 is 2.17 bits per heavy atom. The second-order valence-corrected chi connectivity index (χ2v) is 6.59. The second-order valence-electron chi connectivity index (χ2n) is 6.59. The molecule has 3 rings (SSSR count). The molecule has 0 bridgehead atoms. The van der Waals surface area contributed by atoms with Crippen LogP contribution in [0.5, 0.6) is 0 Å². The fraction of sp³-hybridized carbons (Fsp3) is 0.471. The minimum Gasteiger partial charge on any atom is -0.345 e. The number of hydrogen-bond acceptors (Lipinski definition) is 4. The van der Waals surface area contributed by atoms with Crippen LogP contribution in [0.15, 0.2) is 24.4 Å². The zero-order chi connectivity index (χ0) is 16.6. The number of pyridine rings is 1. The lowest BCUT2D eigenvalue weighted by Crippen LogP contribution is -2.53. The number of rotatable bonds is 5. The van der Waals surface area contributed by atoms with E-state index in [0.29, 0.717) is 23.8 Å². The zero-order valence-electron chi connectivity index (χ0n) is 13.8. The molecule has 1 atom stereocenters. The maximum atomic E-state index is 12.4. The molecule has 0 radical (unpaired) electrons. The highest BCUT2D eigenvalue weighted by Crippen LogP contribution is 2.39. The second kappa shape index (κ2) is 5.77. The molecule has 2 aromatic heterocycles. The van der Waals surface area contributed by atoms with Gasteiger partial charge < -0.3 is 11.1 Å². The van der Waals surface area contributed by atoms with Crippen LogP contribution in [0.25, 0.3) is 5.82 Å². The third-order valence-electron chi connectivity index (χ3n) is 4.54. The molecule has 1 saturated carbocycles. The highest BCUT2D eigenvalue weighted by Gasteiger charge is 2.41. The summed E-state index contributed by atoms with van der Waals surface area (Å²) in [6.45, 7) is 6.38. The number of aryl methyl sites for hydroxylation is 2. The van der Waals surface area contributed by atoms with Gasteiger partial charge in [0.05, 0.1) is 16.8 Å². The van der Waals surface area contributed by atoms with Gasteiger partial charge in [0.2, 0.25) is 0 Å². The molecule has 3 N–H and O–H groups in total. The largest absolute Gasteiger partial charge is 0.345 e. The van der Waals surface area contributed by atoms with Gasteiger partial charge in [0.1, 0.15) is 0 Å². The maximum Gasteiger partial charge on any atom is 0.253 e. The topological polar surface area (TPSA) is 85.8 Å². The van der Waals surface area contributed by atoms with Gasteiger partial charge in [0.15, 0.2) is 5.82 Å². The van der Waals surface area contributed by atoms with Crippen LogP contribution in [0.3, 0.4) is 0 Å². The lowest BCUT2D eigenvalue weighted by molar-refractivity contribution is 0.0897. The standard InChI is InChI=1S/C17H23N5O/c1-11-8-12(2)22(21-11)15-7-4-13(9-19-15)16(23)20-17(3,10-18)14-5-6-14/h4,7-9,14H,5-6,10,18H2,1-3H3,(H,20,23). The van der Waals surface area contributed by atoms with E-state index in [4.69, 9.17) is 5.73 Å². The summed E-state index contributed by atoms with van der Waals surface area (Å²) >= 11 is 0. The van der Waals surface area contributed by atoms with Crippen molar-refractivity contribution in [3.8, 4) is 5.82 Å². The van der Waals surface area contributed by atoms with E-state index in [9.17, 15) is 4.79 Å². The summed E-state index contributed by atoms with van der Waals surface area (Å²) in [5.74, 6) is 1.06. The molecule has 23 heavy (non-hydrogen) atoms. The predicted octanol–water partition coefficient (Wildman–Crippen LogP) is 1.74. The summed E-state index contributed by atoms with van der Waals surface area (Å²) < 4.78 is 1.77. The Labute approximate surface area is 136 Å². The molecule has 0 saturated heterocycles. The summed E-state index contributed by atoms with van der Waals surface area (Å²) in [6, 6.07) is 5.58. The average Bonchev–Trinajstić information content (AvgIpc) is 3.33. The first-order chi connectivity index (χ1) is 10.9. The molecule has 0 aliphatic heterocycles. The van der Waals surface area contributed by atoms with Gasteiger partial charge >= 0.3 is 0 Å². The van der Waals surface area contributed by atoms with Crippen molar-refractivity contribution in [3.05, 3.63) is 41.3 Å². The van der Waals surface area contributed by atoms with Gasteiger partial charge in [0, 0.05) is 18.4 Å². The van der Waals surface area contributed by atoms with Crippen molar-refractivity contribution in [2.24, 2.45) is 11.7 Å². The summed E-state index contributed by atoms with van der Waals surface area (Å²) in [5.41, 5.74) is 8.01. The van der Waals surface area contributed by atoms with Crippen molar-refractivity contribution >= 4 is 5.91 Å². The van der Waals surface area contributed by atoms with E-state index in [1.54, 1.807) is 16.9 Å². The number of aromatic nitrogens is 3. The van der Waals surface area contributed by atoms with Gasteiger partial charge in [-0.3, -0.25) is 4.79 Å². The third kappa shape index (κ3) is 3.12. The number of nitrogens with two attached hydrogens (primary N) is 1. The fourth-order valence-corrected chi connectivity index (χ4v) is 2.88. The molecule has 2 aromatic rings. The molecular weight excluding hydrogens is 290 g/mol. The summed E-state index contributed by atoms with van der Waals surface area (Å²) in [4.78, 5) is 16.8. The number of carbonyl (C=O) groups excluding carboxylic acids is 1. The van der Waals surface area contributed by atoms with Crippen LogP contribution in [0.1, 0.15) is 41.5 Å². The molecule has 1 amide bonds. The monoisotopic (exact) mass is 313 g/mol. The Bertz CT molecular complexity index is 717. The number of nitrogens with zero attached hydrogens (tertiary/aromatic N) is 3. The minimum absolute atomic E-state index is 0.128. The van der Waals surface area contributed by atoms with Crippen LogP contribution in [0, 0.1) is 19.8 Å². The number of amides is 1. The fourth-order valence-electron chi connectivity index (χ4n) is 2.88. The summed E-state index contributed by atoms with van der Waals surface area (Å²) in [5, 5.41) is 7.47. The first-order valence-electron chi connectivity index (χ1n) is 7.95. The van der Waals surface area contributed by atoms with Gasteiger partial charge in [-0.25, -0.2) is 9.67 Å². The van der Waals surface area contributed by atoms with E-state index in [1.807, 2.05) is 32.9 Å². The Hall–Kier alpha value is -2.21. The van der Waals surface area contributed by atoms with Crippen molar-refractivity contribution in [1.82, 2.24) is 20.1 Å². The zero-order valence-corrected chi connectivity index (χ0v) is 13.8. The molecule has 0 aromatic carbocycles. The van der Waals surface area contributed by atoms with E-state index in [1.165, 1.54) is 0 Å². The van der Waals surface area contributed by atoms with E-state index in [-0.39, 0.29) is 11.4 Å². The van der Waals surface area contributed by atoms with Crippen molar-refractivity contribution in [2.45, 2.75) is 39.2 Å². The smallest absolute Gasteiger partial charge is 0.253 e. The van der Waals surface area contributed by atoms with Crippen LogP contribution in [-0.4, -0.2) is 32.8 Å². The van der Waals surface area contributed by atoms with Crippen molar-refractivity contribution in [2.75, 3.05) is 6.54 Å². The first-order valence-corrected chi connectivity index (χ1v) is 7.95. The van der Waals surface area contributed by atoms with Crippen LogP contribution < -0.4 is 11.1 Å². The molecule has 1 aliphatic rings. The van der Waals surface area contributed by atoms with E-state index in [2.05, 4.69) is 15.4 Å². The van der Waals surface area contributed by atoms with Gasteiger partial charge in [-0.05, 0) is 57.7 Å². The lowest BCUT2D eigenvalue weighted by atomic mass is 9.95. The quantitative estimate of drug-likeness (QED) is 0.880. The molecule has 0 spiro atoms. The molecule has 122 valence electrons. The maximum absolute atomic E-state index is 12.4. The van der Waals surface area contributed by atoms with Crippen LogP contribution in [-0.2, 0) is 0 Å². The molecule has 1 unspecified atom stereocenters. The molecule has 1 aliphatic carbocycles. The predicted molar refractivity (Wildman–Crippen MR) is 88.5 cm³/mol. The van der Waals surface area contributed by atoms with Crippen LogP contribution in [0.2, 0.25) is 0 Å². The van der Waals surface area contributed by atoms with Crippen LogP contribution in [0.4, 0.5) is 0 Å². The normalized spacial score (nSPS) is 16.9.